The number of unbranched alkanes of at least 4 members (excludes halogenated alkanes) is 1. The monoisotopic (exact) mass is 1010 g/mol. The summed E-state index contributed by atoms with van der Waals surface area (Å²) in [7, 11) is 0. The second-order valence-electron chi connectivity index (χ2n) is 17.8. The average Bonchev–Trinajstić information content (AvgIpc) is 3.28. The molecule has 0 aromatic heterocycles. The molecule has 1 aromatic carbocycles. The number of carboxylic acids is 2. The molecular weight excluding hydrogens is 935 g/mol. The van der Waals surface area contributed by atoms with Gasteiger partial charge in [-0.25, -0.2) is 0 Å². The van der Waals surface area contributed by atoms with Crippen molar-refractivity contribution in [3.05, 3.63) is 29.8 Å². The molecule has 398 valence electrons. The average molecular weight is 1010 g/mol. The number of carboxylic acid groups (broad SMARTS) is 2. The van der Waals surface area contributed by atoms with Gasteiger partial charge in [0.2, 0.25) is 53.2 Å². The van der Waals surface area contributed by atoms with Crippen LogP contribution in [0.2, 0.25) is 0 Å². The fourth-order valence-electron chi connectivity index (χ4n) is 6.58. The molecule has 0 fully saturated rings. The zero-order chi connectivity index (χ0) is 54.1. The van der Waals surface area contributed by atoms with Gasteiger partial charge in [0.15, 0.2) is 0 Å². The molecule has 1 rings (SSSR count). The second kappa shape index (κ2) is 31.3. The van der Waals surface area contributed by atoms with Crippen LogP contribution in [0.15, 0.2) is 24.3 Å². The van der Waals surface area contributed by atoms with Crippen LogP contribution in [-0.4, -0.2) is 160 Å². The van der Waals surface area contributed by atoms with Crippen LogP contribution in [0.1, 0.15) is 92.6 Å². The Morgan fingerprint density at radius 3 is 1.59 bits per heavy atom. The Morgan fingerprint density at radius 1 is 0.549 bits per heavy atom. The molecule has 1 aromatic rings. The number of hydrogen-bond donors (Lipinski definition) is 15. The number of nitrogens with one attached hydrogen (secondary N) is 9. The zero-order valence-corrected chi connectivity index (χ0v) is 41.2. The van der Waals surface area contributed by atoms with Gasteiger partial charge in [0.1, 0.15) is 54.6 Å². The minimum atomic E-state index is -1.82. The number of carbonyl (C=O) groups is 11. The van der Waals surface area contributed by atoms with Gasteiger partial charge in [-0.1, -0.05) is 39.8 Å². The van der Waals surface area contributed by atoms with Crippen LogP contribution in [0.25, 0.3) is 0 Å². The minimum absolute atomic E-state index is 0.0967. The van der Waals surface area contributed by atoms with E-state index in [1.807, 2.05) is 19.2 Å². The smallest absolute Gasteiger partial charge is 0.322 e. The molecule has 0 aliphatic heterocycles. The summed E-state index contributed by atoms with van der Waals surface area (Å²) in [5.41, 5.74) is 11.7. The van der Waals surface area contributed by atoms with E-state index in [4.69, 9.17) is 21.7 Å². The zero-order valence-electron chi connectivity index (χ0n) is 41.2. The van der Waals surface area contributed by atoms with Gasteiger partial charge in [-0.15, -0.1) is 0 Å². The van der Waals surface area contributed by atoms with E-state index >= 15 is 0 Å². The predicted octanol–water partition coefficient (Wildman–Crippen LogP) is -3.91. The number of amides is 9. The lowest BCUT2D eigenvalue weighted by atomic mass is 10.00. The van der Waals surface area contributed by atoms with E-state index in [1.165, 1.54) is 38.1 Å². The van der Waals surface area contributed by atoms with E-state index in [9.17, 15) is 63.0 Å². The van der Waals surface area contributed by atoms with Crippen LogP contribution in [0, 0.1) is 11.8 Å². The summed E-state index contributed by atoms with van der Waals surface area (Å²) in [6.07, 6.45) is -1.59. The third-order valence-electron chi connectivity index (χ3n) is 10.5. The number of nitrogens with two attached hydrogens (primary N) is 2. The van der Waals surface area contributed by atoms with Crippen molar-refractivity contribution in [2.24, 2.45) is 23.3 Å². The molecule has 17 N–H and O–H groups in total. The largest absolute Gasteiger partial charge is 0.508 e. The van der Waals surface area contributed by atoms with E-state index in [-0.39, 0.29) is 30.9 Å². The van der Waals surface area contributed by atoms with E-state index in [1.54, 1.807) is 13.8 Å². The van der Waals surface area contributed by atoms with E-state index in [2.05, 4.69) is 42.5 Å². The van der Waals surface area contributed by atoms with Gasteiger partial charge < -0.3 is 79.7 Å². The summed E-state index contributed by atoms with van der Waals surface area (Å²) in [4.78, 5) is 142. The van der Waals surface area contributed by atoms with Gasteiger partial charge in [0, 0.05) is 12.8 Å². The van der Waals surface area contributed by atoms with Crippen molar-refractivity contribution < 1.29 is 73.2 Å². The number of hydrogen-bond acceptors (Lipinski definition) is 15. The molecule has 0 heterocycles. The number of aliphatic hydroxyl groups is 1. The highest BCUT2D eigenvalue weighted by molar-refractivity contribution is 5.98. The number of phenolic OH excluding ortho intramolecular Hbond substituents is 1. The number of aliphatic hydroxyl groups excluding tert-OH is 1. The SMILES string of the molecule is CC(C)C[C@H](NC(=O)[C@H](CCCCN)NC(=O)[C@H](C)N)C(=O)NCC(=O)N[C@@H](C)C(=O)N[C@H](C(=O)N[C@@H](Cc1ccc(O)cc1)C(=O)N[C@H](C(=O)N[C@@H](CCC(=O)O)C(=O)NCC(=O)O)[C@@H](C)O)C(C)C. The Balaban J connectivity index is 3.21. The highest BCUT2D eigenvalue weighted by Crippen LogP contribution is 2.14. The van der Waals surface area contributed by atoms with Crippen molar-refractivity contribution in [1.29, 1.82) is 0 Å². The molecule has 0 aliphatic rings. The number of phenols is 1. The van der Waals surface area contributed by atoms with E-state index in [0.29, 0.717) is 24.9 Å². The number of aromatic hydroxyl groups is 1. The molecule has 71 heavy (non-hydrogen) atoms. The van der Waals surface area contributed by atoms with Gasteiger partial charge in [0.25, 0.3) is 0 Å². The molecular formula is C45H73N11O15. The standard InChI is InChI=1S/C45H73N11O15/c1-22(2)18-31(53-42(68)29(10-8-9-17-46)51-38(64)24(5)47)41(67)48-20-33(59)50-25(6)39(65)55-36(23(3)4)44(70)54-32(19-27-11-13-28(58)14-12-27)43(69)56-37(26(7)57)45(71)52-30(15-16-34(60)61)40(66)49-21-35(62)63/h11-14,22-26,29-32,36-37,57-58H,8-10,15-21,46-47H2,1-7H3,(H,48,67)(H,49,66)(H,50,59)(H,51,64)(H,52,71)(H,53,68)(H,54,70)(H,55,65)(H,56,69)(H,60,61)(H,62,63)/t24-,25-,26+,29-,30-,31-,32-,36-,37-/m0/s1. The van der Waals surface area contributed by atoms with Crippen molar-refractivity contribution in [1.82, 2.24) is 47.9 Å². The van der Waals surface area contributed by atoms with Crippen molar-refractivity contribution in [2.75, 3.05) is 19.6 Å². The summed E-state index contributed by atoms with van der Waals surface area (Å²) in [6, 6.07) is -5.17. The van der Waals surface area contributed by atoms with Crippen LogP contribution in [-0.2, 0) is 59.2 Å². The molecule has 26 nitrogen and oxygen atoms in total. The lowest BCUT2D eigenvalue weighted by Crippen LogP contribution is -2.62. The second-order valence-corrected chi connectivity index (χ2v) is 17.8. The van der Waals surface area contributed by atoms with Gasteiger partial charge in [-0.3, -0.25) is 52.7 Å². The molecule has 0 saturated heterocycles. The Bertz CT molecular complexity index is 2000. The fourth-order valence-corrected chi connectivity index (χ4v) is 6.58. The van der Waals surface area contributed by atoms with E-state index in [0.717, 1.165) is 6.92 Å². The van der Waals surface area contributed by atoms with Gasteiger partial charge in [0.05, 0.1) is 18.7 Å². The third-order valence-corrected chi connectivity index (χ3v) is 10.5. The summed E-state index contributed by atoms with van der Waals surface area (Å²) in [5.74, 6) is -11.4. The first-order chi connectivity index (χ1) is 33.2. The molecule has 9 amide bonds. The predicted molar refractivity (Wildman–Crippen MR) is 254 cm³/mol. The summed E-state index contributed by atoms with van der Waals surface area (Å²) >= 11 is 0. The first kappa shape index (κ1) is 62.1. The molecule has 0 radical (unpaired) electrons. The number of benzene rings is 1. The first-order valence-corrected chi connectivity index (χ1v) is 23.2. The van der Waals surface area contributed by atoms with Crippen LogP contribution >= 0.6 is 0 Å². The maximum absolute atomic E-state index is 13.9. The molecule has 0 aliphatic carbocycles. The lowest BCUT2D eigenvalue weighted by Gasteiger charge is -2.29. The molecule has 0 unspecified atom stereocenters. The molecule has 26 heteroatoms. The van der Waals surface area contributed by atoms with Gasteiger partial charge in [-0.05, 0) is 89.0 Å². The quantitative estimate of drug-likeness (QED) is 0.0307. The van der Waals surface area contributed by atoms with Crippen molar-refractivity contribution >= 4 is 65.1 Å². The van der Waals surface area contributed by atoms with Crippen LogP contribution in [0.5, 0.6) is 5.75 Å². The molecule has 9 atom stereocenters. The Kier molecular flexibility index (Phi) is 27.4. The maximum Gasteiger partial charge on any atom is 0.322 e. The Hall–Kier alpha value is -6.93. The first-order valence-electron chi connectivity index (χ1n) is 23.2. The van der Waals surface area contributed by atoms with Gasteiger partial charge in [-0.2, -0.15) is 0 Å². The van der Waals surface area contributed by atoms with Crippen LogP contribution < -0.4 is 59.3 Å². The fraction of sp³-hybridized carbons (Fsp3) is 0.622. The van der Waals surface area contributed by atoms with Gasteiger partial charge >= 0.3 is 11.9 Å². The lowest BCUT2D eigenvalue weighted by molar-refractivity contribution is -0.140. The highest BCUT2D eigenvalue weighted by atomic mass is 16.4. The molecule has 0 bridgehead atoms. The topological polar surface area (TPSA) is 429 Å². The molecule has 0 spiro atoms. The summed E-state index contributed by atoms with van der Waals surface area (Å²) < 4.78 is 0. The number of aliphatic carboxylic acids is 2. The third kappa shape index (κ3) is 24.0. The van der Waals surface area contributed by atoms with Crippen molar-refractivity contribution in [3.63, 3.8) is 0 Å². The number of carbonyl (C=O) groups excluding carboxylic acids is 9. The summed E-state index contributed by atoms with van der Waals surface area (Å²) in [6.45, 7) is 9.51. The van der Waals surface area contributed by atoms with Crippen LogP contribution in [0.4, 0.5) is 0 Å². The normalized spacial score (nSPS) is 14.9. The Morgan fingerprint density at radius 2 is 1.06 bits per heavy atom. The van der Waals surface area contributed by atoms with Crippen LogP contribution in [0.3, 0.4) is 0 Å². The maximum atomic E-state index is 13.9. The number of rotatable bonds is 32. The highest BCUT2D eigenvalue weighted by Gasteiger charge is 2.35. The minimum Gasteiger partial charge on any atom is -0.508 e. The summed E-state index contributed by atoms with van der Waals surface area (Å²) in [5, 5.41) is 60.2. The van der Waals surface area contributed by atoms with Crippen molar-refractivity contribution in [2.45, 2.75) is 148 Å². The van der Waals surface area contributed by atoms with Crippen molar-refractivity contribution in [3.8, 4) is 5.75 Å². The molecule has 0 saturated carbocycles. The Labute approximate surface area is 411 Å². The van der Waals surface area contributed by atoms with E-state index < -0.39 is 151 Å².